The number of carbonyl (C=O) groups excluding carboxylic acids is 1. The average molecular weight is 289 g/mol. The molecule has 0 fully saturated rings. The van der Waals surface area contributed by atoms with E-state index in [9.17, 15) is 9.18 Å². The van der Waals surface area contributed by atoms with Crippen LogP contribution in [0.1, 0.15) is 17.3 Å². The lowest BCUT2D eigenvalue weighted by molar-refractivity contribution is 0.0931. The highest BCUT2D eigenvalue weighted by Gasteiger charge is 2.20. The fraction of sp³-hybridized carbons (Fsp3) is 0.417. The molecular formula is C12H16FNO2S2. The lowest BCUT2D eigenvalue weighted by atomic mass is 10.1. The van der Waals surface area contributed by atoms with E-state index in [1.807, 2.05) is 6.26 Å². The zero-order chi connectivity index (χ0) is 13.7. The van der Waals surface area contributed by atoms with Crippen molar-refractivity contribution in [1.82, 2.24) is 5.32 Å². The van der Waals surface area contributed by atoms with Crippen LogP contribution in [0, 0.1) is 5.82 Å². The third-order valence-corrected chi connectivity index (χ3v) is 4.03. The smallest absolute Gasteiger partial charge is 0.254 e. The molecule has 0 aromatic heterocycles. The van der Waals surface area contributed by atoms with Gasteiger partial charge in [0, 0.05) is 16.2 Å². The minimum atomic E-state index is -0.581. The standard InChI is InChI=1S/C12H16FNO2S2/c1-7(11(6-15)18-2)14-12(16)9-5-8(17)3-4-10(9)13/h3-5,7,11,15,17H,6H2,1-2H3,(H,14,16). The van der Waals surface area contributed by atoms with Crippen LogP contribution in [-0.2, 0) is 0 Å². The number of thioether (sulfide) groups is 1. The van der Waals surface area contributed by atoms with Crippen molar-refractivity contribution < 1.29 is 14.3 Å². The molecular weight excluding hydrogens is 273 g/mol. The van der Waals surface area contributed by atoms with E-state index >= 15 is 0 Å². The van der Waals surface area contributed by atoms with Gasteiger partial charge in [0.05, 0.1) is 12.2 Å². The molecule has 1 aromatic carbocycles. The summed E-state index contributed by atoms with van der Waals surface area (Å²) in [6.45, 7) is 1.73. The molecule has 0 radical (unpaired) electrons. The Hall–Kier alpha value is -0.720. The van der Waals surface area contributed by atoms with E-state index in [-0.39, 0.29) is 23.5 Å². The predicted octanol–water partition coefficient (Wildman–Crippen LogP) is 1.96. The summed E-state index contributed by atoms with van der Waals surface area (Å²) in [5.41, 5.74) is -0.0351. The van der Waals surface area contributed by atoms with Crippen LogP contribution >= 0.6 is 24.4 Å². The van der Waals surface area contributed by atoms with E-state index in [2.05, 4.69) is 17.9 Å². The van der Waals surface area contributed by atoms with Gasteiger partial charge in [0.15, 0.2) is 0 Å². The molecule has 0 saturated heterocycles. The second kappa shape index (κ2) is 7.01. The number of thiol groups is 1. The Morgan fingerprint density at radius 3 is 2.83 bits per heavy atom. The maximum Gasteiger partial charge on any atom is 0.254 e. The number of aliphatic hydroxyl groups is 1. The van der Waals surface area contributed by atoms with E-state index in [0.29, 0.717) is 4.90 Å². The highest BCUT2D eigenvalue weighted by Crippen LogP contribution is 2.15. The largest absolute Gasteiger partial charge is 0.395 e. The molecule has 1 aromatic rings. The summed E-state index contributed by atoms with van der Waals surface area (Å²) >= 11 is 5.52. The zero-order valence-corrected chi connectivity index (χ0v) is 11.9. The first-order valence-corrected chi connectivity index (χ1v) is 7.16. The van der Waals surface area contributed by atoms with Crippen LogP contribution in [0.15, 0.2) is 23.1 Å². The number of benzene rings is 1. The maximum atomic E-state index is 13.5. The SMILES string of the molecule is CSC(CO)C(C)NC(=O)c1cc(S)ccc1F. The van der Waals surface area contributed by atoms with E-state index in [1.165, 1.54) is 30.0 Å². The van der Waals surface area contributed by atoms with Crippen LogP contribution in [0.4, 0.5) is 4.39 Å². The Morgan fingerprint density at radius 2 is 2.28 bits per heavy atom. The van der Waals surface area contributed by atoms with Gasteiger partial charge >= 0.3 is 0 Å². The first-order valence-electron chi connectivity index (χ1n) is 5.42. The second-order valence-corrected chi connectivity index (χ2v) is 5.48. The second-order valence-electron chi connectivity index (χ2n) is 3.88. The molecule has 2 atom stereocenters. The fourth-order valence-corrected chi connectivity index (χ4v) is 2.33. The van der Waals surface area contributed by atoms with Gasteiger partial charge in [0.2, 0.25) is 0 Å². The van der Waals surface area contributed by atoms with E-state index < -0.39 is 11.7 Å². The van der Waals surface area contributed by atoms with Gasteiger partial charge in [0.25, 0.3) is 5.91 Å². The third-order valence-electron chi connectivity index (χ3n) is 2.59. The number of aliphatic hydroxyl groups excluding tert-OH is 1. The molecule has 1 rings (SSSR count). The molecule has 0 heterocycles. The summed E-state index contributed by atoms with van der Waals surface area (Å²) in [6.07, 6.45) is 1.85. The van der Waals surface area contributed by atoms with E-state index in [4.69, 9.17) is 5.11 Å². The summed E-state index contributed by atoms with van der Waals surface area (Å²) < 4.78 is 13.5. The first kappa shape index (κ1) is 15.3. The summed E-state index contributed by atoms with van der Waals surface area (Å²) in [4.78, 5) is 12.4. The Kier molecular flexibility index (Phi) is 5.98. The maximum absolute atomic E-state index is 13.5. The lowest BCUT2D eigenvalue weighted by Crippen LogP contribution is -2.41. The quantitative estimate of drug-likeness (QED) is 0.726. The number of hydrogen-bond donors (Lipinski definition) is 3. The Balaban J connectivity index is 2.79. The molecule has 0 aliphatic heterocycles. The minimum absolute atomic E-state index is 0.0351. The number of nitrogens with one attached hydrogen (secondary N) is 1. The van der Waals surface area contributed by atoms with Crippen molar-refractivity contribution in [1.29, 1.82) is 0 Å². The van der Waals surface area contributed by atoms with Crippen LogP contribution < -0.4 is 5.32 Å². The van der Waals surface area contributed by atoms with Crippen LogP contribution in [0.3, 0.4) is 0 Å². The van der Waals surface area contributed by atoms with Crippen LogP contribution in [0.5, 0.6) is 0 Å². The Morgan fingerprint density at radius 1 is 1.61 bits per heavy atom. The van der Waals surface area contributed by atoms with Crippen molar-refractivity contribution in [2.45, 2.75) is 23.1 Å². The summed E-state index contributed by atoms with van der Waals surface area (Å²) in [5.74, 6) is -1.08. The molecule has 0 aliphatic carbocycles. The highest BCUT2D eigenvalue weighted by atomic mass is 32.2. The lowest BCUT2D eigenvalue weighted by Gasteiger charge is -2.21. The van der Waals surface area contributed by atoms with Crippen molar-refractivity contribution >= 4 is 30.3 Å². The highest BCUT2D eigenvalue weighted by molar-refractivity contribution is 7.99. The topological polar surface area (TPSA) is 49.3 Å². The number of amides is 1. The molecule has 100 valence electrons. The Bertz CT molecular complexity index is 425. The van der Waals surface area contributed by atoms with Gasteiger partial charge in [-0.15, -0.1) is 12.6 Å². The molecule has 1 amide bonds. The van der Waals surface area contributed by atoms with Crippen molar-refractivity contribution in [3.63, 3.8) is 0 Å². The fourth-order valence-electron chi connectivity index (χ4n) is 1.50. The van der Waals surface area contributed by atoms with E-state index in [1.54, 1.807) is 6.92 Å². The van der Waals surface area contributed by atoms with Crippen LogP contribution in [0.2, 0.25) is 0 Å². The molecule has 0 spiro atoms. The summed E-state index contributed by atoms with van der Waals surface area (Å²) in [7, 11) is 0. The van der Waals surface area contributed by atoms with Crippen molar-refractivity contribution in [2.24, 2.45) is 0 Å². The normalized spacial score (nSPS) is 14.1. The van der Waals surface area contributed by atoms with Crippen LogP contribution in [0.25, 0.3) is 0 Å². The predicted molar refractivity (Wildman–Crippen MR) is 75.0 cm³/mol. The van der Waals surface area contributed by atoms with Crippen LogP contribution in [-0.4, -0.2) is 35.2 Å². The molecule has 0 saturated carbocycles. The van der Waals surface area contributed by atoms with Crippen molar-refractivity contribution in [3.8, 4) is 0 Å². The molecule has 6 heteroatoms. The molecule has 3 nitrogen and oxygen atoms in total. The molecule has 0 aliphatic rings. The minimum Gasteiger partial charge on any atom is -0.395 e. The van der Waals surface area contributed by atoms with Gasteiger partial charge in [-0.1, -0.05) is 0 Å². The number of rotatable bonds is 5. The molecule has 0 bridgehead atoms. The third kappa shape index (κ3) is 3.90. The van der Waals surface area contributed by atoms with Gasteiger partial charge in [-0.2, -0.15) is 11.8 Å². The summed E-state index contributed by atoms with van der Waals surface area (Å²) in [5, 5.41) is 11.7. The van der Waals surface area contributed by atoms with Gasteiger partial charge in [-0.3, -0.25) is 4.79 Å². The number of hydrogen-bond acceptors (Lipinski definition) is 4. The van der Waals surface area contributed by atoms with Gasteiger partial charge in [-0.25, -0.2) is 4.39 Å². The average Bonchev–Trinajstić information content (AvgIpc) is 2.33. The summed E-state index contributed by atoms with van der Waals surface area (Å²) in [6, 6.07) is 3.82. The van der Waals surface area contributed by atoms with Gasteiger partial charge < -0.3 is 10.4 Å². The Labute approximate surface area is 116 Å². The van der Waals surface area contributed by atoms with Crippen molar-refractivity contribution in [3.05, 3.63) is 29.6 Å². The first-order chi connectivity index (χ1) is 8.49. The number of halogens is 1. The van der Waals surface area contributed by atoms with E-state index in [0.717, 1.165) is 0 Å². The molecule has 2 unspecified atom stereocenters. The van der Waals surface area contributed by atoms with Gasteiger partial charge in [0.1, 0.15) is 5.82 Å². The number of carbonyl (C=O) groups is 1. The molecule has 18 heavy (non-hydrogen) atoms. The monoisotopic (exact) mass is 289 g/mol. The zero-order valence-electron chi connectivity index (χ0n) is 10.2. The molecule has 2 N–H and O–H groups in total. The van der Waals surface area contributed by atoms with Gasteiger partial charge in [-0.05, 0) is 31.4 Å². The van der Waals surface area contributed by atoms with Crippen molar-refractivity contribution in [2.75, 3.05) is 12.9 Å².